The van der Waals surface area contributed by atoms with Crippen molar-refractivity contribution in [2.75, 3.05) is 13.1 Å². The minimum Gasteiger partial charge on any atom is -0.356 e. The second-order valence-corrected chi connectivity index (χ2v) is 4.01. The number of nitrogens with one attached hydrogen (secondary N) is 1. The van der Waals surface area contributed by atoms with Gasteiger partial charge in [-0.3, -0.25) is 4.79 Å². The lowest BCUT2D eigenvalue weighted by Crippen LogP contribution is -2.23. The lowest BCUT2D eigenvalue weighted by atomic mass is 10.1. The Kier molecular flexibility index (Phi) is 11.1. The van der Waals surface area contributed by atoms with Gasteiger partial charge in [0.2, 0.25) is 5.91 Å². The quantitative estimate of drug-likeness (QED) is 0.548. The molecule has 0 aromatic carbocycles. The first-order valence-corrected chi connectivity index (χ1v) is 6.28. The van der Waals surface area contributed by atoms with Crippen LogP contribution >= 0.6 is 0 Å². The molecule has 0 spiro atoms. The van der Waals surface area contributed by atoms with Crippen molar-refractivity contribution in [2.24, 2.45) is 5.73 Å². The van der Waals surface area contributed by atoms with E-state index in [4.69, 9.17) is 5.73 Å². The van der Waals surface area contributed by atoms with Crippen LogP contribution in [-0.2, 0) is 4.79 Å². The van der Waals surface area contributed by atoms with Gasteiger partial charge in [-0.1, -0.05) is 32.6 Å². The summed E-state index contributed by atoms with van der Waals surface area (Å²) in [5, 5.41) is 2.93. The maximum atomic E-state index is 11.3. The van der Waals surface area contributed by atoms with Crippen molar-refractivity contribution < 1.29 is 4.79 Å². The fourth-order valence-electron chi connectivity index (χ4n) is 1.45. The Hall–Kier alpha value is -0.570. The van der Waals surface area contributed by atoms with Crippen molar-refractivity contribution in [3.05, 3.63) is 0 Å². The molecular formula is C12H26N2O. The summed E-state index contributed by atoms with van der Waals surface area (Å²) in [6.45, 7) is 3.75. The number of amides is 1. The fourth-order valence-corrected chi connectivity index (χ4v) is 1.45. The van der Waals surface area contributed by atoms with E-state index in [1.54, 1.807) is 0 Å². The predicted molar refractivity (Wildman–Crippen MR) is 64.7 cm³/mol. The standard InChI is InChI=1S/C12H26N2O/c1-2-3-11-14-12(15)9-7-5-4-6-8-10-13/h2-11,13H2,1H3,(H,14,15). The largest absolute Gasteiger partial charge is 0.356 e. The van der Waals surface area contributed by atoms with Crippen LogP contribution in [0.5, 0.6) is 0 Å². The van der Waals surface area contributed by atoms with Crippen molar-refractivity contribution in [1.29, 1.82) is 0 Å². The van der Waals surface area contributed by atoms with E-state index in [1.165, 1.54) is 12.8 Å². The first-order chi connectivity index (χ1) is 7.31. The Morgan fingerprint density at radius 3 is 2.40 bits per heavy atom. The minimum absolute atomic E-state index is 0.210. The van der Waals surface area contributed by atoms with E-state index in [1.807, 2.05) is 0 Å². The van der Waals surface area contributed by atoms with E-state index in [0.717, 1.165) is 45.2 Å². The van der Waals surface area contributed by atoms with Gasteiger partial charge in [0.15, 0.2) is 0 Å². The van der Waals surface area contributed by atoms with Crippen molar-refractivity contribution in [3.63, 3.8) is 0 Å². The third-order valence-electron chi connectivity index (χ3n) is 2.46. The van der Waals surface area contributed by atoms with Crippen LogP contribution in [0.25, 0.3) is 0 Å². The zero-order valence-electron chi connectivity index (χ0n) is 10.1. The highest BCUT2D eigenvalue weighted by molar-refractivity contribution is 5.75. The number of carbonyl (C=O) groups excluding carboxylic acids is 1. The third-order valence-corrected chi connectivity index (χ3v) is 2.46. The summed E-state index contributed by atoms with van der Waals surface area (Å²) in [7, 11) is 0. The molecule has 0 fully saturated rings. The van der Waals surface area contributed by atoms with Crippen LogP contribution in [0.15, 0.2) is 0 Å². The molecule has 3 nitrogen and oxygen atoms in total. The second-order valence-electron chi connectivity index (χ2n) is 4.01. The zero-order valence-corrected chi connectivity index (χ0v) is 10.1. The van der Waals surface area contributed by atoms with E-state index in [2.05, 4.69) is 12.2 Å². The summed E-state index contributed by atoms with van der Waals surface area (Å²) in [5.41, 5.74) is 5.40. The fraction of sp³-hybridized carbons (Fsp3) is 0.917. The molecule has 0 unspecified atom stereocenters. The van der Waals surface area contributed by atoms with Gasteiger partial charge in [0, 0.05) is 13.0 Å². The van der Waals surface area contributed by atoms with Crippen LogP contribution in [0.3, 0.4) is 0 Å². The van der Waals surface area contributed by atoms with Crippen LogP contribution < -0.4 is 11.1 Å². The van der Waals surface area contributed by atoms with Gasteiger partial charge in [-0.25, -0.2) is 0 Å². The lowest BCUT2D eigenvalue weighted by Gasteiger charge is -2.03. The molecule has 0 saturated carbocycles. The normalized spacial score (nSPS) is 10.3. The Morgan fingerprint density at radius 1 is 1.07 bits per heavy atom. The molecular weight excluding hydrogens is 188 g/mol. The van der Waals surface area contributed by atoms with Gasteiger partial charge in [0.05, 0.1) is 0 Å². The van der Waals surface area contributed by atoms with Gasteiger partial charge in [0.25, 0.3) is 0 Å². The molecule has 15 heavy (non-hydrogen) atoms. The van der Waals surface area contributed by atoms with Crippen LogP contribution in [0.2, 0.25) is 0 Å². The molecule has 0 aromatic heterocycles. The van der Waals surface area contributed by atoms with E-state index in [0.29, 0.717) is 6.42 Å². The maximum absolute atomic E-state index is 11.3. The number of hydrogen-bond donors (Lipinski definition) is 2. The summed E-state index contributed by atoms with van der Waals surface area (Å²) in [5.74, 6) is 0.210. The Balaban J connectivity index is 3.10. The van der Waals surface area contributed by atoms with Gasteiger partial charge in [-0.05, 0) is 25.8 Å². The second kappa shape index (κ2) is 11.5. The SMILES string of the molecule is CCCCNC(=O)CCCCCCCN. The molecule has 3 N–H and O–H groups in total. The van der Waals surface area contributed by atoms with Crippen LogP contribution in [0.4, 0.5) is 0 Å². The molecule has 3 heteroatoms. The van der Waals surface area contributed by atoms with Crippen molar-refractivity contribution >= 4 is 5.91 Å². The van der Waals surface area contributed by atoms with Crippen LogP contribution in [0.1, 0.15) is 58.3 Å². The van der Waals surface area contributed by atoms with Crippen LogP contribution in [0, 0.1) is 0 Å². The molecule has 0 atom stereocenters. The van der Waals surface area contributed by atoms with E-state index in [9.17, 15) is 4.79 Å². The first kappa shape index (κ1) is 14.4. The molecule has 0 heterocycles. The molecule has 0 aliphatic heterocycles. The van der Waals surface area contributed by atoms with Gasteiger partial charge < -0.3 is 11.1 Å². The molecule has 0 aromatic rings. The first-order valence-electron chi connectivity index (χ1n) is 6.28. The average molecular weight is 214 g/mol. The number of nitrogens with two attached hydrogens (primary N) is 1. The van der Waals surface area contributed by atoms with Crippen molar-refractivity contribution in [3.8, 4) is 0 Å². The molecule has 0 radical (unpaired) electrons. The topological polar surface area (TPSA) is 55.1 Å². The molecule has 0 rings (SSSR count). The highest BCUT2D eigenvalue weighted by Crippen LogP contribution is 2.04. The maximum Gasteiger partial charge on any atom is 0.219 e. The Labute approximate surface area is 93.8 Å². The lowest BCUT2D eigenvalue weighted by molar-refractivity contribution is -0.121. The van der Waals surface area contributed by atoms with E-state index in [-0.39, 0.29) is 5.91 Å². The highest BCUT2D eigenvalue weighted by atomic mass is 16.1. The number of carbonyl (C=O) groups is 1. The highest BCUT2D eigenvalue weighted by Gasteiger charge is 1.99. The summed E-state index contributed by atoms with van der Waals surface area (Å²) >= 11 is 0. The molecule has 90 valence electrons. The van der Waals surface area contributed by atoms with Crippen LogP contribution in [-0.4, -0.2) is 19.0 Å². The number of unbranched alkanes of at least 4 members (excludes halogenated alkanes) is 5. The van der Waals surface area contributed by atoms with Gasteiger partial charge >= 0.3 is 0 Å². The molecule has 0 aliphatic rings. The predicted octanol–water partition coefficient (Wildman–Crippen LogP) is 2.20. The minimum atomic E-state index is 0.210. The third kappa shape index (κ3) is 11.4. The summed E-state index contributed by atoms with van der Waals surface area (Å²) in [4.78, 5) is 11.3. The number of rotatable bonds is 10. The average Bonchev–Trinajstić information content (AvgIpc) is 2.23. The Bertz CT molecular complexity index is 149. The van der Waals surface area contributed by atoms with Gasteiger partial charge in [0.1, 0.15) is 0 Å². The van der Waals surface area contributed by atoms with Gasteiger partial charge in [-0.2, -0.15) is 0 Å². The van der Waals surface area contributed by atoms with Gasteiger partial charge in [-0.15, -0.1) is 0 Å². The van der Waals surface area contributed by atoms with E-state index < -0.39 is 0 Å². The zero-order chi connectivity index (χ0) is 11.4. The molecule has 0 bridgehead atoms. The molecule has 1 amide bonds. The molecule has 0 aliphatic carbocycles. The van der Waals surface area contributed by atoms with E-state index >= 15 is 0 Å². The Morgan fingerprint density at radius 2 is 1.73 bits per heavy atom. The summed E-state index contributed by atoms with van der Waals surface area (Å²) in [6, 6.07) is 0. The van der Waals surface area contributed by atoms with Crippen molar-refractivity contribution in [2.45, 2.75) is 58.3 Å². The smallest absolute Gasteiger partial charge is 0.219 e. The number of hydrogen-bond acceptors (Lipinski definition) is 2. The summed E-state index contributed by atoms with van der Waals surface area (Å²) < 4.78 is 0. The monoisotopic (exact) mass is 214 g/mol. The van der Waals surface area contributed by atoms with Crippen molar-refractivity contribution in [1.82, 2.24) is 5.32 Å². The molecule has 0 saturated heterocycles. The summed E-state index contributed by atoms with van der Waals surface area (Å²) in [6.07, 6.45) is 8.60.